The summed E-state index contributed by atoms with van der Waals surface area (Å²) in [5.41, 5.74) is 3.59. The number of esters is 1. The van der Waals surface area contributed by atoms with Crippen LogP contribution in [-0.2, 0) is 0 Å². The highest BCUT2D eigenvalue weighted by molar-refractivity contribution is 5.95. The lowest BCUT2D eigenvalue weighted by molar-refractivity contribution is 0.0732. The molecule has 0 radical (unpaired) electrons. The Balaban J connectivity index is 2.34. The van der Waals surface area contributed by atoms with Crippen LogP contribution in [0.2, 0.25) is 0 Å². The van der Waals surface area contributed by atoms with Gasteiger partial charge in [-0.25, -0.2) is 4.79 Å². The molecular formula is C20H23NO4. The molecule has 2 aromatic carbocycles. The lowest BCUT2D eigenvalue weighted by Gasteiger charge is -2.15. The molecule has 2 rings (SSSR count). The largest absolute Gasteiger partial charge is 0.507 e. The van der Waals surface area contributed by atoms with Gasteiger partial charge in [-0.05, 0) is 74.2 Å². The number of aromatic hydroxyl groups is 1. The van der Waals surface area contributed by atoms with Gasteiger partial charge in [-0.15, -0.1) is 0 Å². The number of phenols is 1. The van der Waals surface area contributed by atoms with Crippen LogP contribution in [0.3, 0.4) is 0 Å². The average Bonchev–Trinajstić information content (AvgIpc) is 2.54. The van der Waals surface area contributed by atoms with E-state index in [4.69, 9.17) is 4.74 Å². The van der Waals surface area contributed by atoms with E-state index in [1.54, 1.807) is 66.1 Å². The lowest BCUT2D eigenvalue weighted by Crippen LogP contribution is -2.22. The van der Waals surface area contributed by atoms with Crippen molar-refractivity contribution in [3.63, 3.8) is 0 Å². The predicted octanol–water partition coefficient (Wildman–Crippen LogP) is 3.55. The first kappa shape index (κ1) is 18.5. The van der Waals surface area contributed by atoms with Gasteiger partial charge in [0.2, 0.25) is 0 Å². The average molecular weight is 341 g/mol. The summed E-state index contributed by atoms with van der Waals surface area (Å²) in [4.78, 5) is 26.1. The number of carbonyl (C=O) groups excluding carboxylic acids is 2. The van der Waals surface area contributed by atoms with Crippen LogP contribution in [0.1, 0.15) is 43.0 Å². The van der Waals surface area contributed by atoms with Crippen LogP contribution < -0.4 is 4.74 Å². The van der Waals surface area contributed by atoms with Crippen molar-refractivity contribution in [3.8, 4) is 11.5 Å². The summed E-state index contributed by atoms with van der Waals surface area (Å²) >= 11 is 0. The Morgan fingerprint density at radius 2 is 1.28 bits per heavy atom. The van der Waals surface area contributed by atoms with Crippen molar-refractivity contribution in [1.82, 2.24) is 4.90 Å². The summed E-state index contributed by atoms with van der Waals surface area (Å²) in [6.07, 6.45) is 0. The summed E-state index contributed by atoms with van der Waals surface area (Å²) in [6, 6.07) is 6.62. The van der Waals surface area contributed by atoms with Gasteiger partial charge in [-0.1, -0.05) is 0 Å². The van der Waals surface area contributed by atoms with E-state index in [1.807, 2.05) is 0 Å². The number of aryl methyl sites for hydroxylation is 4. The molecule has 5 heteroatoms. The molecule has 1 amide bonds. The smallest absolute Gasteiger partial charge is 0.343 e. The Hall–Kier alpha value is -2.82. The van der Waals surface area contributed by atoms with E-state index < -0.39 is 5.97 Å². The van der Waals surface area contributed by atoms with Crippen molar-refractivity contribution >= 4 is 11.9 Å². The van der Waals surface area contributed by atoms with Crippen LogP contribution in [0, 0.1) is 27.7 Å². The number of hydrogen-bond donors (Lipinski definition) is 1. The first-order valence-corrected chi connectivity index (χ1v) is 7.97. The molecule has 0 atom stereocenters. The number of nitrogens with zero attached hydrogens (tertiary/aromatic N) is 1. The van der Waals surface area contributed by atoms with Gasteiger partial charge in [0.25, 0.3) is 5.91 Å². The first-order valence-electron chi connectivity index (χ1n) is 7.97. The minimum atomic E-state index is -0.496. The van der Waals surface area contributed by atoms with Gasteiger partial charge in [-0.3, -0.25) is 4.79 Å². The number of rotatable bonds is 3. The highest BCUT2D eigenvalue weighted by atomic mass is 16.5. The van der Waals surface area contributed by atoms with E-state index in [-0.39, 0.29) is 11.7 Å². The molecule has 132 valence electrons. The van der Waals surface area contributed by atoms with Crippen LogP contribution in [0.4, 0.5) is 0 Å². The zero-order chi connectivity index (χ0) is 18.9. The molecule has 0 aliphatic heterocycles. The van der Waals surface area contributed by atoms with Gasteiger partial charge >= 0.3 is 5.97 Å². The SMILES string of the molecule is Cc1cc(C(=O)Oc2c(C)cc(C(=O)N(C)C)cc2C)cc(C)c1O. The maximum atomic E-state index is 12.5. The minimum Gasteiger partial charge on any atom is -0.507 e. The fourth-order valence-corrected chi connectivity index (χ4v) is 2.72. The van der Waals surface area contributed by atoms with Crippen molar-refractivity contribution < 1.29 is 19.4 Å². The molecule has 0 spiro atoms. The molecule has 0 aliphatic carbocycles. The number of benzene rings is 2. The van der Waals surface area contributed by atoms with Crippen LogP contribution in [0.5, 0.6) is 11.5 Å². The van der Waals surface area contributed by atoms with Gasteiger partial charge in [0, 0.05) is 19.7 Å². The number of carbonyl (C=O) groups is 2. The van der Waals surface area contributed by atoms with Crippen molar-refractivity contribution in [3.05, 3.63) is 57.6 Å². The van der Waals surface area contributed by atoms with Crippen molar-refractivity contribution in [2.75, 3.05) is 14.1 Å². The summed E-state index contributed by atoms with van der Waals surface area (Å²) < 4.78 is 5.56. The van der Waals surface area contributed by atoms with E-state index in [2.05, 4.69) is 0 Å². The molecule has 0 heterocycles. The third-order valence-electron chi connectivity index (χ3n) is 4.03. The first-order chi connectivity index (χ1) is 11.6. The van der Waals surface area contributed by atoms with Crippen LogP contribution in [-0.4, -0.2) is 36.0 Å². The second kappa shape index (κ2) is 6.97. The topological polar surface area (TPSA) is 66.8 Å². The zero-order valence-corrected chi connectivity index (χ0v) is 15.4. The summed E-state index contributed by atoms with van der Waals surface area (Å²) in [5, 5.41) is 9.83. The Kier molecular flexibility index (Phi) is 5.16. The van der Waals surface area contributed by atoms with Crippen molar-refractivity contribution in [1.29, 1.82) is 0 Å². The van der Waals surface area contributed by atoms with Crippen LogP contribution in [0.15, 0.2) is 24.3 Å². The minimum absolute atomic E-state index is 0.103. The molecule has 1 N–H and O–H groups in total. The van der Waals surface area contributed by atoms with E-state index in [1.165, 1.54) is 4.90 Å². The highest BCUT2D eigenvalue weighted by Crippen LogP contribution is 2.28. The van der Waals surface area contributed by atoms with Gasteiger partial charge in [0.15, 0.2) is 0 Å². The number of amides is 1. The Morgan fingerprint density at radius 3 is 1.72 bits per heavy atom. The van der Waals surface area contributed by atoms with E-state index in [0.717, 1.165) is 0 Å². The molecular weight excluding hydrogens is 318 g/mol. The maximum Gasteiger partial charge on any atom is 0.343 e. The molecule has 2 aromatic rings. The third kappa shape index (κ3) is 3.82. The Morgan fingerprint density at radius 1 is 0.840 bits per heavy atom. The third-order valence-corrected chi connectivity index (χ3v) is 4.03. The van der Waals surface area contributed by atoms with Crippen LogP contribution >= 0.6 is 0 Å². The molecule has 0 unspecified atom stereocenters. The molecule has 0 aromatic heterocycles. The van der Waals surface area contributed by atoms with E-state index in [0.29, 0.717) is 39.1 Å². The van der Waals surface area contributed by atoms with Crippen molar-refractivity contribution in [2.24, 2.45) is 0 Å². The van der Waals surface area contributed by atoms with Gasteiger partial charge < -0.3 is 14.7 Å². The van der Waals surface area contributed by atoms with Gasteiger partial charge in [0.05, 0.1) is 5.56 Å². The molecule has 0 bridgehead atoms. The second-order valence-corrected chi connectivity index (χ2v) is 6.49. The molecule has 0 saturated heterocycles. The molecule has 0 fully saturated rings. The highest BCUT2D eigenvalue weighted by Gasteiger charge is 2.17. The summed E-state index contributed by atoms with van der Waals surface area (Å²) in [5.74, 6) is 0.0251. The second-order valence-electron chi connectivity index (χ2n) is 6.49. The maximum absolute atomic E-state index is 12.5. The molecule has 25 heavy (non-hydrogen) atoms. The fourth-order valence-electron chi connectivity index (χ4n) is 2.72. The van der Waals surface area contributed by atoms with Crippen LogP contribution in [0.25, 0.3) is 0 Å². The summed E-state index contributed by atoms with van der Waals surface area (Å²) in [6.45, 7) is 7.07. The van der Waals surface area contributed by atoms with Crippen molar-refractivity contribution in [2.45, 2.75) is 27.7 Å². The Bertz CT molecular complexity index is 807. The predicted molar refractivity (Wildman–Crippen MR) is 96.5 cm³/mol. The molecule has 0 aliphatic rings. The Labute approximate surface area is 147 Å². The molecule has 0 saturated carbocycles. The van der Waals surface area contributed by atoms with Gasteiger partial charge in [-0.2, -0.15) is 0 Å². The normalized spacial score (nSPS) is 10.5. The summed E-state index contributed by atoms with van der Waals surface area (Å²) in [7, 11) is 3.38. The standard InChI is InChI=1S/C20H23NO4/c1-11-7-16(8-12(2)17(11)22)20(24)25-18-13(3)9-15(10-14(18)4)19(23)21(5)6/h7-10,22H,1-6H3. The lowest BCUT2D eigenvalue weighted by atomic mass is 10.0. The zero-order valence-electron chi connectivity index (χ0n) is 15.4. The van der Waals surface area contributed by atoms with E-state index >= 15 is 0 Å². The fraction of sp³-hybridized carbons (Fsp3) is 0.300. The monoisotopic (exact) mass is 341 g/mol. The van der Waals surface area contributed by atoms with Gasteiger partial charge in [0.1, 0.15) is 11.5 Å². The quantitative estimate of drug-likeness (QED) is 0.685. The van der Waals surface area contributed by atoms with E-state index in [9.17, 15) is 14.7 Å². The number of ether oxygens (including phenoxy) is 1. The number of hydrogen-bond acceptors (Lipinski definition) is 4. The number of phenolic OH excluding ortho intramolecular Hbond substituents is 1. The molecule has 5 nitrogen and oxygen atoms in total.